The monoisotopic (exact) mass is 354 g/mol. The van der Waals surface area contributed by atoms with Crippen molar-refractivity contribution in [2.24, 2.45) is 7.05 Å². The van der Waals surface area contributed by atoms with Gasteiger partial charge >= 0.3 is 5.69 Å². The zero-order valence-corrected chi connectivity index (χ0v) is 14.6. The van der Waals surface area contributed by atoms with Crippen molar-refractivity contribution < 1.29 is 9.72 Å². The number of hydrogen-bond acceptors (Lipinski definition) is 5. The number of carbonyl (C=O) groups excluding carboxylic acids is 1. The topological polar surface area (TPSA) is 108 Å². The fourth-order valence-electron chi connectivity index (χ4n) is 2.72. The lowest BCUT2D eigenvalue weighted by Crippen LogP contribution is -2.15. The molecule has 9 nitrogen and oxygen atoms in total. The van der Waals surface area contributed by atoms with Crippen molar-refractivity contribution in [2.75, 3.05) is 5.32 Å². The number of rotatable bonds is 5. The summed E-state index contributed by atoms with van der Waals surface area (Å²) in [6.07, 6.45) is 1.20. The van der Waals surface area contributed by atoms with Gasteiger partial charge in [-0.3, -0.25) is 24.3 Å². The van der Waals surface area contributed by atoms with E-state index in [9.17, 15) is 14.9 Å². The van der Waals surface area contributed by atoms with E-state index in [1.807, 2.05) is 42.8 Å². The summed E-state index contributed by atoms with van der Waals surface area (Å²) in [5, 5.41) is 22.0. The van der Waals surface area contributed by atoms with Crippen molar-refractivity contribution in [3.05, 3.63) is 69.3 Å². The molecule has 2 aromatic heterocycles. The van der Waals surface area contributed by atoms with Gasteiger partial charge < -0.3 is 5.32 Å². The van der Waals surface area contributed by atoms with Crippen LogP contribution in [0.15, 0.2) is 36.5 Å². The van der Waals surface area contributed by atoms with Gasteiger partial charge in [-0.05, 0) is 37.6 Å². The molecule has 0 unspecified atom stereocenters. The van der Waals surface area contributed by atoms with E-state index in [4.69, 9.17) is 0 Å². The smallest absolute Gasteiger partial charge is 0.320 e. The number of aryl methyl sites for hydroxylation is 3. The second-order valence-electron chi connectivity index (χ2n) is 6.03. The van der Waals surface area contributed by atoms with Crippen molar-refractivity contribution in [2.45, 2.75) is 20.4 Å². The summed E-state index contributed by atoms with van der Waals surface area (Å²) in [6, 6.07) is 9.26. The molecule has 0 aliphatic heterocycles. The van der Waals surface area contributed by atoms with E-state index in [2.05, 4.69) is 15.5 Å². The van der Waals surface area contributed by atoms with Gasteiger partial charge in [-0.1, -0.05) is 12.1 Å². The Hall–Kier alpha value is -3.49. The van der Waals surface area contributed by atoms with Crippen LogP contribution >= 0.6 is 0 Å². The third-order valence-electron chi connectivity index (χ3n) is 3.84. The van der Waals surface area contributed by atoms with Crippen molar-refractivity contribution in [1.29, 1.82) is 0 Å². The number of carbonyl (C=O) groups is 1. The lowest BCUT2D eigenvalue weighted by atomic mass is 10.2. The van der Waals surface area contributed by atoms with Crippen molar-refractivity contribution >= 4 is 17.3 Å². The molecule has 1 amide bonds. The van der Waals surface area contributed by atoms with Crippen LogP contribution in [0.2, 0.25) is 0 Å². The molecule has 0 atom stereocenters. The maximum Gasteiger partial charge on any atom is 0.320 e. The van der Waals surface area contributed by atoms with Crippen molar-refractivity contribution in [3.8, 4) is 0 Å². The molecule has 9 heteroatoms. The van der Waals surface area contributed by atoms with Crippen molar-refractivity contribution in [3.63, 3.8) is 0 Å². The Morgan fingerprint density at radius 3 is 2.69 bits per heavy atom. The molecule has 0 aliphatic carbocycles. The van der Waals surface area contributed by atoms with Crippen LogP contribution in [0.25, 0.3) is 0 Å². The minimum atomic E-state index is -0.624. The Bertz CT molecular complexity index is 988. The highest BCUT2D eigenvalue weighted by molar-refractivity contribution is 6.05. The van der Waals surface area contributed by atoms with E-state index >= 15 is 0 Å². The summed E-state index contributed by atoms with van der Waals surface area (Å²) in [7, 11) is 1.53. The fraction of sp³-hybridized carbons (Fsp3) is 0.235. The highest BCUT2D eigenvalue weighted by Gasteiger charge is 2.24. The summed E-state index contributed by atoms with van der Waals surface area (Å²) in [6.45, 7) is 4.47. The molecule has 0 bridgehead atoms. The van der Waals surface area contributed by atoms with Crippen molar-refractivity contribution in [1.82, 2.24) is 19.6 Å². The van der Waals surface area contributed by atoms with E-state index in [0.29, 0.717) is 12.2 Å². The van der Waals surface area contributed by atoms with Crippen LogP contribution in [0.1, 0.15) is 27.4 Å². The van der Waals surface area contributed by atoms with Crippen LogP contribution in [0, 0.1) is 24.0 Å². The molecule has 0 fully saturated rings. The summed E-state index contributed by atoms with van der Waals surface area (Å²) in [4.78, 5) is 22.8. The van der Waals surface area contributed by atoms with Gasteiger partial charge in [-0.15, -0.1) is 0 Å². The van der Waals surface area contributed by atoms with Gasteiger partial charge in [0.1, 0.15) is 6.20 Å². The SMILES string of the molecule is Cc1cc(C)n(Cc2cccc(NC(=O)c3nn(C)cc3[N+](=O)[O-])c2)n1. The van der Waals surface area contributed by atoms with E-state index in [-0.39, 0.29) is 11.4 Å². The van der Waals surface area contributed by atoms with Gasteiger partial charge in [0.05, 0.1) is 17.2 Å². The first kappa shape index (κ1) is 17.3. The van der Waals surface area contributed by atoms with Crippen LogP contribution in [-0.4, -0.2) is 30.4 Å². The highest BCUT2D eigenvalue weighted by atomic mass is 16.6. The molecule has 0 aliphatic rings. The number of aromatic nitrogens is 4. The van der Waals surface area contributed by atoms with Gasteiger partial charge in [0.25, 0.3) is 5.91 Å². The molecule has 1 N–H and O–H groups in total. The molecule has 0 spiro atoms. The average molecular weight is 354 g/mol. The molecule has 2 heterocycles. The minimum Gasteiger partial charge on any atom is -0.320 e. The Kier molecular flexibility index (Phi) is 4.53. The Morgan fingerprint density at radius 2 is 2.04 bits per heavy atom. The summed E-state index contributed by atoms with van der Waals surface area (Å²) in [5.41, 5.74) is 2.92. The average Bonchev–Trinajstić information content (AvgIpc) is 3.10. The predicted octanol–water partition coefficient (Wildman–Crippen LogP) is 2.44. The van der Waals surface area contributed by atoms with Crippen LogP contribution < -0.4 is 5.32 Å². The van der Waals surface area contributed by atoms with Gasteiger partial charge in [0, 0.05) is 18.4 Å². The standard InChI is InChI=1S/C17H18N6O3/c1-11-7-12(2)22(19-11)9-13-5-4-6-14(8-13)18-17(24)16-15(23(25)26)10-21(3)20-16/h4-8,10H,9H2,1-3H3,(H,18,24). The maximum atomic E-state index is 12.4. The fourth-order valence-corrected chi connectivity index (χ4v) is 2.72. The first-order valence-electron chi connectivity index (χ1n) is 7.93. The Morgan fingerprint density at radius 1 is 1.27 bits per heavy atom. The first-order valence-corrected chi connectivity index (χ1v) is 7.93. The van der Waals surface area contributed by atoms with Gasteiger partial charge in [0.15, 0.2) is 0 Å². The number of benzene rings is 1. The van der Waals surface area contributed by atoms with E-state index < -0.39 is 10.8 Å². The molecule has 0 radical (unpaired) electrons. The second-order valence-corrected chi connectivity index (χ2v) is 6.03. The van der Waals surface area contributed by atoms with Crippen LogP contribution in [0.4, 0.5) is 11.4 Å². The largest absolute Gasteiger partial charge is 0.320 e. The zero-order valence-electron chi connectivity index (χ0n) is 14.6. The number of nitro groups is 1. The maximum absolute atomic E-state index is 12.4. The first-order chi connectivity index (χ1) is 12.3. The quantitative estimate of drug-likeness (QED) is 0.559. The summed E-state index contributed by atoms with van der Waals surface area (Å²) >= 11 is 0. The third kappa shape index (κ3) is 3.61. The molecular formula is C17H18N6O3. The lowest BCUT2D eigenvalue weighted by molar-refractivity contribution is -0.385. The normalized spacial score (nSPS) is 10.7. The number of anilines is 1. The predicted molar refractivity (Wildman–Crippen MR) is 95.1 cm³/mol. The summed E-state index contributed by atoms with van der Waals surface area (Å²) in [5.74, 6) is -0.624. The number of nitrogens with one attached hydrogen (secondary N) is 1. The lowest BCUT2D eigenvalue weighted by Gasteiger charge is -2.08. The second kappa shape index (κ2) is 6.79. The van der Waals surface area contributed by atoms with E-state index in [1.54, 1.807) is 6.07 Å². The van der Waals surface area contributed by atoms with Gasteiger partial charge in [0.2, 0.25) is 5.69 Å². The Balaban J connectivity index is 1.79. The summed E-state index contributed by atoms with van der Waals surface area (Å²) < 4.78 is 3.12. The molecule has 134 valence electrons. The Labute approximate surface area is 149 Å². The molecule has 0 saturated heterocycles. The number of nitrogens with zero attached hydrogens (tertiary/aromatic N) is 5. The number of hydrogen-bond donors (Lipinski definition) is 1. The number of amides is 1. The molecule has 3 rings (SSSR count). The zero-order chi connectivity index (χ0) is 18.8. The molecular weight excluding hydrogens is 336 g/mol. The van der Waals surface area contributed by atoms with Crippen LogP contribution in [-0.2, 0) is 13.6 Å². The van der Waals surface area contributed by atoms with Gasteiger partial charge in [-0.25, -0.2) is 0 Å². The third-order valence-corrected chi connectivity index (χ3v) is 3.84. The molecule has 3 aromatic rings. The van der Waals surface area contributed by atoms with Gasteiger partial charge in [-0.2, -0.15) is 10.2 Å². The highest BCUT2D eigenvalue weighted by Crippen LogP contribution is 2.19. The molecule has 1 aromatic carbocycles. The van der Waals surface area contributed by atoms with E-state index in [0.717, 1.165) is 17.0 Å². The minimum absolute atomic E-state index is 0.221. The molecule has 26 heavy (non-hydrogen) atoms. The van der Waals surface area contributed by atoms with E-state index in [1.165, 1.54) is 17.9 Å². The van der Waals surface area contributed by atoms with Crippen LogP contribution in [0.3, 0.4) is 0 Å². The molecule has 0 saturated carbocycles. The van der Waals surface area contributed by atoms with Crippen LogP contribution in [0.5, 0.6) is 0 Å².